The molecule has 3 aromatic rings. The molecule has 0 atom stereocenters. The van der Waals surface area contributed by atoms with Crippen molar-refractivity contribution in [3.05, 3.63) is 74.6 Å². The summed E-state index contributed by atoms with van der Waals surface area (Å²) in [6, 6.07) is 11.6. The zero-order valence-corrected chi connectivity index (χ0v) is 16.8. The molecule has 2 heterocycles. The van der Waals surface area contributed by atoms with Crippen molar-refractivity contribution >= 4 is 22.6 Å². The number of carbonyl (C=O) groups excluding carboxylic acids is 1. The van der Waals surface area contributed by atoms with Gasteiger partial charge in [-0.3, -0.25) is 4.79 Å². The first-order valence-corrected chi connectivity index (χ1v) is 9.59. The van der Waals surface area contributed by atoms with E-state index in [2.05, 4.69) is 16.0 Å². The number of aryl methyl sites for hydroxylation is 4. The number of nitrogens with one attached hydrogen (secondary N) is 1. The first-order chi connectivity index (χ1) is 13.3. The second-order valence-electron chi connectivity index (χ2n) is 7.76. The Balaban J connectivity index is 1.70. The smallest absolute Gasteiger partial charge is 0.322 e. The molecule has 0 spiro atoms. The molecule has 0 saturated carbocycles. The van der Waals surface area contributed by atoms with E-state index in [0.29, 0.717) is 19.5 Å². The number of nitrogens with zero attached hydrogens (tertiary/aromatic N) is 2. The average Bonchev–Trinajstić information content (AvgIpc) is 2.65. The van der Waals surface area contributed by atoms with Gasteiger partial charge in [-0.15, -0.1) is 0 Å². The summed E-state index contributed by atoms with van der Waals surface area (Å²) in [6.07, 6.45) is 0.672. The maximum Gasteiger partial charge on any atom is 0.322 e. The van der Waals surface area contributed by atoms with Crippen molar-refractivity contribution < 1.29 is 4.79 Å². The number of aromatic nitrogens is 1. The predicted octanol–water partition coefficient (Wildman–Crippen LogP) is 4.05. The van der Waals surface area contributed by atoms with Crippen molar-refractivity contribution in [2.24, 2.45) is 7.05 Å². The lowest BCUT2D eigenvalue weighted by atomic mass is 9.98. The summed E-state index contributed by atoms with van der Waals surface area (Å²) in [5, 5.41) is 3.69. The number of benzene rings is 2. The van der Waals surface area contributed by atoms with Crippen LogP contribution in [0.5, 0.6) is 0 Å². The molecule has 144 valence electrons. The standard InChI is InChI=1S/C23H25N3O2/c1-14-6-5-7-17(11-14)24-23(28)26-9-8-20-19(13-26)22(27)18-12-15(2)10-16(3)21(18)25(20)4/h5-7,10-12H,8-9,13H2,1-4H3,(H,24,28). The van der Waals surface area contributed by atoms with Crippen LogP contribution in [0.3, 0.4) is 0 Å². The molecule has 2 aromatic carbocycles. The molecule has 1 aromatic heterocycles. The van der Waals surface area contributed by atoms with Crippen molar-refractivity contribution in [3.63, 3.8) is 0 Å². The Bertz CT molecular complexity index is 1160. The molecule has 0 aliphatic carbocycles. The van der Waals surface area contributed by atoms with Crippen LogP contribution in [-0.4, -0.2) is 22.0 Å². The monoisotopic (exact) mass is 375 g/mol. The van der Waals surface area contributed by atoms with E-state index < -0.39 is 0 Å². The summed E-state index contributed by atoms with van der Waals surface area (Å²) in [4.78, 5) is 27.7. The Labute approximate surface area is 164 Å². The molecule has 0 bridgehead atoms. The van der Waals surface area contributed by atoms with Gasteiger partial charge in [0.15, 0.2) is 5.43 Å². The number of amides is 2. The van der Waals surface area contributed by atoms with Gasteiger partial charge in [0.1, 0.15) is 0 Å². The molecule has 0 saturated heterocycles. The highest BCUT2D eigenvalue weighted by Gasteiger charge is 2.26. The quantitative estimate of drug-likeness (QED) is 0.697. The fraction of sp³-hybridized carbons (Fsp3) is 0.304. The van der Waals surface area contributed by atoms with E-state index in [1.165, 1.54) is 0 Å². The number of hydrogen-bond donors (Lipinski definition) is 1. The van der Waals surface area contributed by atoms with Gasteiger partial charge in [-0.2, -0.15) is 0 Å². The van der Waals surface area contributed by atoms with Crippen molar-refractivity contribution in [3.8, 4) is 0 Å². The molecule has 5 nitrogen and oxygen atoms in total. The van der Waals surface area contributed by atoms with E-state index in [9.17, 15) is 9.59 Å². The minimum absolute atomic E-state index is 0.0444. The average molecular weight is 375 g/mol. The van der Waals surface area contributed by atoms with E-state index in [1.54, 1.807) is 4.90 Å². The van der Waals surface area contributed by atoms with E-state index in [4.69, 9.17) is 0 Å². The topological polar surface area (TPSA) is 54.3 Å². The Kier molecular flexibility index (Phi) is 4.46. The third kappa shape index (κ3) is 3.07. The van der Waals surface area contributed by atoms with Gasteiger partial charge in [0.25, 0.3) is 0 Å². The van der Waals surface area contributed by atoms with Crippen LogP contribution in [0, 0.1) is 20.8 Å². The van der Waals surface area contributed by atoms with Gasteiger partial charge < -0.3 is 14.8 Å². The maximum absolute atomic E-state index is 13.2. The summed E-state index contributed by atoms with van der Waals surface area (Å²) >= 11 is 0. The lowest BCUT2D eigenvalue weighted by molar-refractivity contribution is 0.205. The second-order valence-corrected chi connectivity index (χ2v) is 7.76. The lowest BCUT2D eigenvalue weighted by Crippen LogP contribution is -2.42. The highest BCUT2D eigenvalue weighted by Crippen LogP contribution is 2.24. The highest BCUT2D eigenvalue weighted by atomic mass is 16.2. The van der Waals surface area contributed by atoms with Gasteiger partial charge in [-0.1, -0.05) is 18.2 Å². The zero-order valence-electron chi connectivity index (χ0n) is 16.8. The fourth-order valence-corrected chi connectivity index (χ4v) is 4.30. The molecular weight excluding hydrogens is 350 g/mol. The van der Waals surface area contributed by atoms with E-state index in [-0.39, 0.29) is 11.5 Å². The van der Waals surface area contributed by atoms with Gasteiger partial charge in [-0.05, 0) is 55.7 Å². The van der Waals surface area contributed by atoms with Gasteiger partial charge >= 0.3 is 6.03 Å². The molecule has 1 aliphatic heterocycles. The summed E-state index contributed by atoms with van der Waals surface area (Å²) in [5.41, 5.74) is 6.84. The first-order valence-electron chi connectivity index (χ1n) is 9.59. The van der Waals surface area contributed by atoms with Gasteiger partial charge in [0.2, 0.25) is 0 Å². The van der Waals surface area contributed by atoms with Crippen LogP contribution in [0.1, 0.15) is 27.9 Å². The second kappa shape index (κ2) is 6.82. The molecule has 5 heteroatoms. The largest absolute Gasteiger partial charge is 0.347 e. The number of rotatable bonds is 1. The lowest BCUT2D eigenvalue weighted by Gasteiger charge is -2.31. The summed E-state index contributed by atoms with van der Waals surface area (Å²) in [7, 11) is 2.02. The molecule has 4 rings (SSSR count). The zero-order chi connectivity index (χ0) is 20.0. The molecule has 28 heavy (non-hydrogen) atoms. The van der Waals surface area contributed by atoms with Crippen molar-refractivity contribution in [2.75, 3.05) is 11.9 Å². The third-order valence-corrected chi connectivity index (χ3v) is 5.58. The SMILES string of the molecule is Cc1cccc(NC(=O)N2CCc3c(c(=O)c4cc(C)cc(C)c4n3C)C2)c1. The van der Waals surface area contributed by atoms with Crippen LogP contribution in [0.25, 0.3) is 10.9 Å². The van der Waals surface area contributed by atoms with E-state index in [1.807, 2.05) is 58.2 Å². The van der Waals surface area contributed by atoms with Crippen LogP contribution < -0.4 is 10.7 Å². The fourth-order valence-electron chi connectivity index (χ4n) is 4.30. The normalized spacial score (nSPS) is 13.5. The minimum Gasteiger partial charge on any atom is -0.347 e. The predicted molar refractivity (Wildman–Crippen MR) is 113 cm³/mol. The molecule has 0 unspecified atom stereocenters. The summed E-state index contributed by atoms with van der Waals surface area (Å²) < 4.78 is 2.14. The van der Waals surface area contributed by atoms with Gasteiger partial charge in [0, 0.05) is 42.3 Å². The van der Waals surface area contributed by atoms with Crippen LogP contribution in [0.4, 0.5) is 10.5 Å². The number of urea groups is 1. The Morgan fingerprint density at radius 2 is 1.86 bits per heavy atom. The molecule has 0 fully saturated rings. The number of hydrogen-bond acceptors (Lipinski definition) is 2. The van der Waals surface area contributed by atoms with Crippen molar-refractivity contribution in [2.45, 2.75) is 33.7 Å². The number of fused-ring (bicyclic) bond motifs is 2. The minimum atomic E-state index is -0.168. The van der Waals surface area contributed by atoms with Crippen molar-refractivity contribution in [1.82, 2.24) is 9.47 Å². The third-order valence-electron chi connectivity index (χ3n) is 5.58. The first kappa shape index (κ1) is 18.3. The molecule has 0 radical (unpaired) electrons. The van der Waals surface area contributed by atoms with Crippen LogP contribution in [0.15, 0.2) is 41.2 Å². The number of anilines is 1. The van der Waals surface area contributed by atoms with E-state index >= 15 is 0 Å². The Hall–Kier alpha value is -3.08. The summed E-state index contributed by atoms with van der Waals surface area (Å²) in [5.74, 6) is 0. The van der Waals surface area contributed by atoms with Crippen LogP contribution >= 0.6 is 0 Å². The molecule has 1 N–H and O–H groups in total. The van der Waals surface area contributed by atoms with Crippen molar-refractivity contribution in [1.29, 1.82) is 0 Å². The molecule has 1 aliphatic rings. The number of carbonyl (C=O) groups is 1. The van der Waals surface area contributed by atoms with Crippen LogP contribution in [0.2, 0.25) is 0 Å². The highest BCUT2D eigenvalue weighted by molar-refractivity contribution is 5.90. The molecule has 2 amide bonds. The Morgan fingerprint density at radius 3 is 2.61 bits per heavy atom. The van der Waals surface area contributed by atoms with Gasteiger partial charge in [0.05, 0.1) is 12.1 Å². The molecular formula is C23H25N3O2. The Morgan fingerprint density at radius 1 is 1.07 bits per heavy atom. The van der Waals surface area contributed by atoms with E-state index in [0.717, 1.165) is 44.5 Å². The summed E-state index contributed by atoms with van der Waals surface area (Å²) in [6.45, 7) is 6.97. The maximum atomic E-state index is 13.2. The van der Waals surface area contributed by atoms with Gasteiger partial charge in [-0.25, -0.2) is 4.79 Å². The van der Waals surface area contributed by atoms with Crippen LogP contribution in [-0.2, 0) is 20.0 Å². The number of pyridine rings is 1.